The summed E-state index contributed by atoms with van der Waals surface area (Å²) in [5.74, 6) is 2.31. The van der Waals surface area contributed by atoms with E-state index in [0.29, 0.717) is 5.92 Å². The zero-order chi connectivity index (χ0) is 13.9. The van der Waals surface area contributed by atoms with Crippen molar-refractivity contribution < 1.29 is 14.2 Å². The monoisotopic (exact) mass is 276 g/mol. The molecule has 1 aromatic carbocycles. The van der Waals surface area contributed by atoms with Crippen LogP contribution in [0.2, 0.25) is 0 Å². The third-order valence-corrected chi connectivity index (χ3v) is 4.70. The number of ether oxygens (including phenoxy) is 3. The van der Waals surface area contributed by atoms with E-state index >= 15 is 0 Å². The molecule has 3 heteroatoms. The Balaban J connectivity index is 1.94. The highest BCUT2D eigenvalue weighted by atomic mass is 16.5. The zero-order valence-corrected chi connectivity index (χ0v) is 12.5. The van der Waals surface area contributed by atoms with Crippen molar-refractivity contribution >= 4 is 0 Å². The molecule has 1 aromatic rings. The van der Waals surface area contributed by atoms with Crippen LogP contribution in [0.25, 0.3) is 0 Å². The van der Waals surface area contributed by atoms with Gasteiger partial charge in [0, 0.05) is 0 Å². The standard InChI is InChI=1S/C17H24O3/c1-18-15-10-13-8-9-20-17(12-6-4-3-5-7-12)14(13)11-16(15)19-2/h10-12,17H,3-9H2,1-2H3. The van der Waals surface area contributed by atoms with Crippen molar-refractivity contribution in [3.8, 4) is 11.5 Å². The Hall–Kier alpha value is -1.22. The summed E-state index contributed by atoms with van der Waals surface area (Å²) in [5, 5.41) is 0. The van der Waals surface area contributed by atoms with Crippen LogP contribution < -0.4 is 9.47 Å². The van der Waals surface area contributed by atoms with Crippen LogP contribution in [-0.4, -0.2) is 20.8 Å². The maximum atomic E-state index is 6.12. The average Bonchev–Trinajstić information content (AvgIpc) is 2.53. The Morgan fingerprint density at radius 2 is 1.70 bits per heavy atom. The summed E-state index contributed by atoms with van der Waals surface area (Å²) in [6.45, 7) is 0.823. The van der Waals surface area contributed by atoms with E-state index in [1.54, 1.807) is 14.2 Å². The van der Waals surface area contributed by atoms with E-state index in [2.05, 4.69) is 12.1 Å². The number of benzene rings is 1. The molecule has 20 heavy (non-hydrogen) atoms. The van der Waals surface area contributed by atoms with Gasteiger partial charge in [-0.1, -0.05) is 19.3 Å². The Morgan fingerprint density at radius 3 is 2.40 bits per heavy atom. The van der Waals surface area contributed by atoms with Gasteiger partial charge in [0.25, 0.3) is 0 Å². The highest BCUT2D eigenvalue weighted by Gasteiger charge is 2.31. The number of hydrogen-bond acceptors (Lipinski definition) is 3. The summed E-state index contributed by atoms with van der Waals surface area (Å²) in [6, 6.07) is 4.26. The predicted molar refractivity (Wildman–Crippen MR) is 78.5 cm³/mol. The normalized spacial score (nSPS) is 23.2. The molecule has 2 aliphatic rings. The van der Waals surface area contributed by atoms with Crippen molar-refractivity contribution in [2.75, 3.05) is 20.8 Å². The zero-order valence-electron chi connectivity index (χ0n) is 12.5. The summed E-state index contributed by atoms with van der Waals surface area (Å²) >= 11 is 0. The van der Waals surface area contributed by atoms with E-state index in [1.165, 1.54) is 43.2 Å². The van der Waals surface area contributed by atoms with Gasteiger partial charge in [-0.3, -0.25) is 0 Å². The molecule has 3 nitrogen and oxygen atoms in total. The Kier molecular flexibility index (Phi) is 4.16. The number of hydrogen-bond donors (Lipinski definition) is 0. The van der Waals surface area contributed by atoms with E-state index in [0.717, 1.165) is 24.5 Å². The molecule has 0 spiro atoms. The Bertz CT molecular complexity index is 464. The van der Waals surface area contributed by atoms with Crippen LogP contribution in [0.15, 0.2) is 12.1 Å². The highest BCUT2D eigenvalue weighted by Crippen LogP contribution is 2.43. The van der Waals surface area contributed by atoms with E-state index in [9.17, 15) is 0 Å². The minimum atomic E-state index is 0.249. The van der Waals surface area contributed by atoms with Crippen LogP contribution in [0, 0.1) is 5.92 Å². The fourth-order valence-corrected chi connectivity index (χ4v) is 3.63. The molecule has 1 aliphatic carbocycles. The molecule has 1 aliphatic heterocycles. The van der Waals surface area contributed by atoms with Crippen LogP contribution >= 0.6 is 0 Å². The molecule has 0 bridgehead atoms. The van der Waals surface area contributed by atoms with Gasteiger partial charge in [0.1, 0.15) is 0 Å². The van der Waals surface area contributed by atoms with Crippen molar-refractivity contribution in [3.63, 3.8) is 0 Å². The third kappa shape index (κ3) is 2.51. The Morgan fingerprint density at radius 1 is 1.00 bits per heavy atom. The van der Waals surface area contributed by atoms with Crippen molar-refractivity contribution in [3.05, 3.63) is 23.3 Å². The lowest BCUT2D eigenvalue weighted by molar-refractivity contribution is -0.0105. The topological polar surface area (TPSA) is 27.7 Å². The minimum Gasteiger partial charge on any atom is -0.493 e. The molecule has 3 rings (SSSR count). The molecule has 110 valence electrons. The summed E-state index contributed by atoms with van der Waals surface area (Å²) in [6.07, 6.45) is 7.86. The second kappa shape index (κ2) is 6.04. The first-order valence-corrected chi connectivity index (χ1v) is 7.70. The summed E-state index contributed by atoms with van der Waals surface area (Å²) in [7, 11) is 3.39. The number of fused-ring (bicyclic) bond motifs is 1. The molecule has 0 amide bonds. The molecule has 0 aromatic heterocycles. The van der Waals surface area contributed by atoms with Crippen molar-refractivity contribution in [1.29, 1.82) is 0 Å². The highest BCUT2D eigenvalue weighted by molar-refractivity contribution is 5.49. The van der Waals surface area contributed by atoms with E-state index < -0.39 is 0 Å². The van der Waals surface area contributed by atoms with E-state index in [1.807, 2.05) is 0 Å². The van der Waals surface area contributed by atoms with Gasteiger partial charge >= 0.3 is 0 Å². The van der Waals surface area contributed by atoms with Gasteiger partial charge in [0.15, 0.2) is 11.5 Å². The van der Waals surface area contributed by atoms with Gasteiger partial charge in [0.05, 0.1) is 26.9 Å². The van der Waals surface area contributed by atoms with E-state index in [4.69, 9.17) is 14.2 Å². The summed E-state index contributed by atoms with van der Waals surface area (Å²) in [5.41, 5.74) is 2.69. The lowest BCUT2D eigenvalue weighted by Crippen LogP contribution is -2.25. The third-order valence-electron chi connectivity index (χ3n) is 4.70. The Labute approximate surface area is 121 Å². The summed E-state index contributed by atoms with van der Waals surface area (Å²) in [4.78, 5) is 0. The molecule has 0 saturated heterocycles. The smallest absolute Gasteiger partial charge is 0.161 e. The fourth-order valence-electron chi connectivity index (χ4n) is 3.63. The second-order valence-electron chi connectivity index (χ2n) is 5.85. The average molecular weight is 276 g/mol. The van der Waals surface area contributed by atoms with Crippen LogP contribution in [0.3, 0.4) is 0 Å². The van der Waals surface area contributed by atoms with Crippen LogP contribution in [0.4, 0.5) is 0 Å². The largest absolute Gasteiger partial charge is 0.493 e. The molecule has 0 N–H and O–H groups in total. The van der Waals surface area contributed by atoms with Gasteiger partial charge in [-0.25, -0.2) is 0 Å². The second-order valence-corrected chi connectivity index (χ2v) is 5.85. The van der Waals surface area contributed by atoms with Crippen LogP contribution in [-0.2, 0) is 11.2 Å². The molecular formula is C17H24O3. The molecule has 1 atom stereocenters. The predicted octanol–water partition coefficient (Wildman–Crippen LogP) is 3.90. The molecule has 1 fully saturated rings. The molecule has 1 unspecified atom stereocenters. The first-order chi connectivity index (χ1) is 9.83. The van der Waals surface area contributed by atoms with Gasteiger partial charge in [0.2, 0.25) is 0 Å². The van der Waals surface area contributed by atoms with Crippen molar-refractivity contribution in [2.45, 2.75) is 44.6 Å². The summed E-state index contributed by atoms with van der Waals surface area (Å²) < 4.78 is 17.0. The first-order valence-electron chi connectivity index (χ1n) is 7.70. The molecule has 1 heterocycles. The van der Waals surface area contributed by atoms with Crippen molar-refractivity contribution in [2.24, 2.45) is 5.92 Å². The van der Waals surface area contributed by atoms with Gasteiger partial charge in [-0.05, 0) is 48.4 Å². The molecular weight excluding hydrogens is 252 g/mol. The van der Waals surface area contributed by atoms with Gasteiger partial charge < -0.3 is 14.2 Å². The lowest BCUT2D eigenvalue weighted by atomic mass is 9.80. The number of rotatable bonds is 3. The maximum Gasteiger partial charge on any atom is 0.161 e. The van der Waals surface area contributed by atoms with Gasteiger partial charge in [-0.15, -0.1) is 0 Å². The molecule has 1 saturated carbocycles. The van der Waals surface area contributed by atoms with Crippen molar-refractivity contribution in [1.82, 2.24) is 0 Å². The lowest BCUT2D eigenvalue weighted by Gasteiger charge is -2.35. The van der Waals surface area contributed by atoms with Gasteiger partial charge in [-0.2, -0.15) is 0 Å². The number of methoxy groups -OCH3 is 2. The maximum absolute atomic E-state index is 6.12. The molecule has 0 radical (unpaired) electrons. The minimum absolute atomic E-state index is 0.249. The van der Waals surface area contributed by atoms with E-state index in [-0.39, 0.29) is 6.10 Å². The fraction of sp³-hybridized carbons (Fsp3) is 0.647. The van der Waals surface area contributed by atoms with Crippen LogP contribution in [0.5, 0.6) is 11.5 Å². The van der Waals surface area contributed by atoms with Crippen LogP contribution in [0.1, 0.15) is 49.3 Å². The first kappa shape index (κ1) is 13.7. The quantitative estimate of drug-likeness (QED) is 0.838. The SMILES string of the molecule is COc1cc2c(cc1OC)C(C1CCCCC1)OCC2.